The van der Waals surface area contributed by atoms with Crippen LogP contribution in [0.1, 0.15) is 18.2 Å². The first-order chi connectivity index (χ1) is 11.1. The molecule has 0 saturated heterocycles. The highest BCUT2D eigenvalue weighted by atomic mass is 16.6. The Balaban J connectivity index is 2.62. The molecule has 0 aliphatic heterocycles. The molecule has 1 aromatic heterocycles. The van der Waals surface area contributed by atoms with Gasteiger partial charge in [-0.25, -0.2) is 14.8 Å². The van der Waals surface area contributed by atoms with Crippen LogP contribution >= 0.6 is 0 Å². The SMILES string of the molecule is C=C(CNc1ncnc(/C=C/O/N=C/C)c1C)NC(=O)NCO. The molecule has 0 aromatic carbocycles. The summed E-state index contributed by atoms with van der Waals surface area (Å²) >= 11 is 0. The van der Waals surface area contributed by atoms with Crippen LogP contribution in [0.3, 0.4) is 0 Å². The minimum Gasteiger partial charge on any atom is -0.376 e. The Bertz CT molecular complexity index is 600. The van der Waals surface area contributed by atoms with Gasteiger partial charge < -0.3 is 25.9 Å². The van der Waals surface area contributed by atoms with Crippen molar-refractivity contribution >= 4 is 24.1 Å². The van der Waals surface area contributed by atoms with E-state index in [0.29, 0.717) is 17.2 Å². The fourth-order valence-electron chi connectivity index (χ4n) is 1.51. The lowest BCUT2D eigenvalue weighted by atomic mass is 10.2. The molecule has 0 radical (unpaired) electrons. The number of carbonyl (C=O) groups excluding carboxylic acids is 1. The topological polar surface area (TPSA) is 121 Å². The van der Waals surface area contributed by atoms with Gasteiger partial charge in [-0.15, -0.1) is 0 Å². The lowest BCUT2D eigenvalue weighted by Gasteiger charge is -2.12. The summed E-state index contributed by atoms with van der Waals surface area (Å²) < 4.78 is 0. The Morgan fingerprint density at radius 3 is 3.00 bits per heavy atom. The molecule has 0 aliphatic rings. The number of amides is 2. The van der Waals surface area contributed by atoms with Gasteiger partial charge in [-0.1, -0.05) is 11.7 Å². The number of nitrogens with one attached hydrogen (secondary N) is 3. The molecule has 9 nitrogen and oxygen atoms in total. The highest BCUT2D eigenvalue weighted by molar-refractivity contribution is 5.75. The summed E-state index contributed by atoms with van der Waals surface area (Å²) in [6, 6.07) is -0.532. The van der Waals surface area contributed by atoms with Crippen molar-refractivity contribution in [3.63, 3.8) is 0 Å². The zero-order chi connectivity index (χ0) is 17.1. The first-order valence-electron chi connectivity index (χ1n) is 6.77. The normalized spacial score (nSPS) is 10.7. The molecule has 1 aromatic rings. The third-order valence-corrected chi connectivity index (χ3v) is 2.58. The maximum atomic E-state index is 11.2. The van der Waals surface area contributed by atoms with Gasteiger partial charge in [-0.2, -0.15) is 0 Å². The number of aliphatic hydroxyl groups is 1. The van der Waals surface area contributed by atoms with Gasteiger partial charge in [-0.05, 0) is 13.8 Å². The van der Waals surface area contributed by atoms with Crippen LogP contribution in [0.15, 0.2) is 30.0 Å². The highest BCUT2D eigenvalue weighted by Crippen LogP contribution is 2.15. The molecular weight excluding hydrogens is 300 g/mol. The number of aromatic nitrogens is 2. The van der Waals surface area contributed by atoms with Gasteiger partial charge in [-0.3, -0.25) is 0 Å². The molecule has 0 atom stereocenters. The summed E-state index contributed by atoms with van der Waals surface area (Å²) in [6.07, 6.45) is 6.01. The number of oxime groups is 1. The van der Waals surface area contributed by atoms with E-state index in [-0.39, 0.29) is 6.54 Å². The van der Waals surface area contributed by atoms with Crippen molar-refractivity contribution in [3.05, 3.63) is 36.1 Å². The number of nitrogens with zero attached hydrogens (tertiary/aromatic N) is 3. The molecule has 0 bridgehead atoms. The fourth-order valence-corrected chi connectivity index (χ4v) is 1.51. The Kier molecular flexibility index (Phi) is 7.79. The molecule has 0 aliphatic carbocycles. The Hall–Kier alpha value is -2.94. The highest BCUT2D eigenvalue weighted by Gasteiger charge is 2.06. The van der Waals surface area contributed by atoms with Crippen LogP contribution in [0.25, 0.3) is 6.08 Å². The van der Waals surface area contributed by atoms with E-state index in [0.717, 1.165) is 5.56 Å². The third-order valence-electron chi connectivity index (χ3n) is 2.58. The van der Waals surface area contributed by atoms with Gasteiger partial charge in [0.05, 0.1) is 12.2 Å². The molecule has 0 saturated carbocycles. The summed E-state index contributed by atoms with van der Waals surface area (Å²) in [5.41, 5.74) is 1.90. The van der Waals surface area contributed by atoms with E-state index in [1.165, 1.54) is 18.8 Å². The molecular formula is C14H20N6O3. The van der Waals surface area contributed by atoms with Crippen LogP contribution in [0.5, 0.6) is 0 Å². The van der Waals surface area contributed by atoms with Crippen molar-refractivity contribution in [2.75, 3.05) is 18.6 Å². The summed E-state index contributed by atoms with van der Waals surface area (Å²) in [6.45, 7) is 7.12. The maximum Gasteiger partial charge on any atom is 0.320 e. The van der Waals surface area contributed by atoms with E-state index < -0.39 is 12.8 Å². The van der Waals surface area contributed by atoms with Gasteiger partial charge in [0.15, 0.2) is 0 Å². The van der Waals surface area contributed by atoms with Gasteiger partial charge >= 0.3 is 6.03 Å². The molecule has 23 heavy (non-hydrogen) atoms. The van der Waals surface area contributed by atoms with E-state index in [1.807, 2.05) is 6.92 Å². The zero-order valence-corrected chi connectivity index (χ0v) is 13.0. The van der Waals surface area contributed by atoms with Crippen LogP contribution in [-0.2, 0) is 4.84 Å². The number of hydrogen-bond acceptors (Lipinski definition) is 7. The molecule has 0 unspecified atom stereocenters. The minimum absolute atomic E-state index is 0.274. The fraction of sp³-hybridized carbons (Fsp3) is 0.286. The second kappa shape index (κ2) is 9.90. The van der Waals surface area contributed by atoms with Gasteiger partial charge in [0, 0.05) is 23.6 Å². The van der Waals surface area contributed by atoms with E-state index >= 15 is 0 Å². The van der Waals surface area contributed by atoms with E-state index in [4.69, 9.17) is 9.94 Å². The summed E-state index contributed by atoms with van der Waals surface area (Å²) in [5.74, 6) is 0.601. The zero-order valence-electron chi connectivity index (χ0n) is 13.0. The average molecular weight is 320 g/mol. The quantitative estimate of drug-likeness (QED) is 0.245. The molecule has 124 valence electrons. The van der Waals surface area contributed by atoms with E-state index in [9.17, 15) is 4.79 Å². The van der Waals surface area contributed by atoms with Crippen molar-refractivity contribution in [2.45, 2.75) is 13.8 Å². The summed E-state index contributed by atoms with van der Waals surface area (Å²) in [4.78, 5) is 24.4. The third kappa shape index (κ3) is 6.57. The van der Waals surface area contributed by atoms with Crippen LogP contribution in [0.2, 0.25) is 0 Å². The van der Waals surface area contributed by atoms with Gasteiger partial charge in [0.2, 0.25) is 0 Å². The number of urea groups is 1. The Labute approximate surface area is 134 Å². The number of carbonyl (C=O) groups is 1. The predicted octanol–water partition coefficient (Wildman–Crippen LogP) is 0.953. The van der Waals surface area contributed by atoms with Crippen molar-refractivity contribution in [1.82, 2.24) is 20.6 Å². The van der Waals surface area contributed by atoms with Crippen LogP contribution < -0.4 is 16.0 Å². The number of aliphatic hydroxyl groups excluding tert-OH is 1. The molecule has 2 amide bonds. The van der Waals surface area contributed by atoms with E-state index in [2.05, 4.69) is 37.7 Å². The smallest absolute Gasteiger partial charge is 0.320 e. The lowest BCUT2D eigenvalue weighted by molar-refractivity contribution is 0.220. The van der Waals surface area contributed by atoms with Crippen LogP contribution in [0.4, 0.5) is 10.6 Å². The number of hydrogen-bond donors (Lipinski definition) is 4. The summed E-state index contributed by atoms with van der Waals surface area (Å²) in [7, 11) is 0. The molecule has 1 rings (SSSR count). The van der Waals surface area contributed by atoms with Crippen LogP contribution in [-0.4, -0.2) is 40.6 Å². The standard InChI is InChI=1S/C14H20N6O3/c1-4-19-23-6-5-12-11(3)13(17-8-16-12)15-7-10(2)20-14(22)18-9-21/h4-6,8,21H,2,7,9H2,1,3H3,(H,15,16,17)(H2,18,20,22)/b6-5+,19-4+. The number of anilines is 1. The Morgan fingerprint density at radius 1 is 1.52 bits per heavy atom. The molecule has 1 heterocycles. The van der Waals surface area contributed by atoms with Gasteiger partial charge in [0.25, 0.3) is 0 Å². The van der Waals surface area contributed by atoms with Crippen LogP contribution in [0, 0.1) is 6.92 Å². The average Bonchev–Trinajstić information content (AvgIpc) is 2.52. The van der Waals surface area contributed by atoms with Crippen molar-refractivity contribution in [2.24, 2.45) is 5.16 Å². The van der Waals surface area contributed by atoms with Crippen molar-refractivity contribution in [3.8, 4) is 0 Å². The molecule has 9 heteroatoms. The maximum absolute atomic E-state index is 11.2. The monoisotopic (exact) mass is 320 g/mol. The molecule has 4 N–H and O–H groups in total. The minimum atomic E-state index is -0.532. The first-order valence-corrected chi connectivity index (χ1v) is 6.77. The second-order valence-corrected chi connectivity index (χ2v) is 4.25. The molecule has 0 fully saturated rings. The Morgan fingerprint density at radius 2 is 2.30 bits per heavy atom. The van der Waals surface area contributed by atoms with Gasteiger partial charge in [0.1, 0.15) is 25.1 Å². The van der Waals surface area contributed by atoms with Crippen molar-refractivity contribution in [1.29, 1.82) is 0 Å². The van der Waals surface area contributed by atoms with Crippen molar-refractivity contribution < 1.29 is 14.7 Å². The largest absolute Gasteiger partial charge is 0.376 e. The summed E-state index contributed by atoms with van der Waals surface area (Å²) in [5, 5.41) is 19.9. The molecule has 0 spiro atoms. The second-order valence-electron chi connectivity index (χ2n) is 4.25. The number of rotatable bonds is 8. The van der Waals surface area contributed by atoms with E-state index in [1.54, 1.807) is 13.0 Å². The predicted molar refractivity (Wildman–Crippen MR) is 87.4 cm³/mol. The first kappa shape index (κ1) is 18.1. The lowest BCUT2D eigenvalue weighted by Crippen LogP contribution is -2.36.